The van der Waals surface area contributed by atoms with Crippen LogP contribution < -0.4 is 4.90 Å². The van der Waals surface area contributed by atoms with Crippen LogP contribution in [0.25, 0.3) is 27.5 Å². The topological polar surface area (TPSA) is 8.17 Å². The lowest BCUT2D eigenvalue weighted by atomic mass is 9.76. The Bertz CT molecular complexity index is 1550. The highest BCUT2D eigenvalue weighted by Crippen LogP contribution is 2.56. The van der Waals surface area contributed by atoms with E-state index in [-0.39, 0.29) is 5.54 Å². The number of para-hydroxylation sites is 2. The quantitative estimate of drug-likeness (QED) is 0.257. The molecule has 0 bridgehead atoms. The third-order valence-electron chi connectivity index (χ3n) is 8.71. The van der Waals surface area contributed by atoms with Crippen LogP contribution in [0.4, 0.5) is 5.69 Å². The minimum absolute atomic E-state index is 0.116. The predicted molar refractivity (Wildman–Crippen MR) is 148 cm³/mol. The zero-order chi connectivity index (χ0) is 23.6. The summed E-state index contributed by atoms with van der Waals surface area (Å²) in [7, 11) is 0. The molecule has 1 unspecified atom stereocenters. The summed E-state index contributed by atoms with van der Waals surface area (Å²) in [4.78, 5) is 2.81. The highest BCUT2D eigenvalue weighted by atomic mass is 15.3. The van der Waals surface area contributed by atoms with Crippen molar-refractivity contribution >= 4 is 27.5 Å². The Morgan fingerprint density at radius 1 is 0.714 bits per heavy atom. The second kappa shape index (κ2) is 7.75. The molecule has 1 saturated carbocycles. The molecule has 7 rings (SSSR count). The summed E-state index contributed by atoms with van der Waals surface area (Å²) in [5.41, 5.74) is 9.75. The summed E-state index contributed by atoms with van der Waals surface area (Å²) >= 11 is 0. The van der Waals surface area contributed by atoms with Crippen molar-refractivity contribution in [3.63, 3.8) is 0 Å². The Morgan fingerprint density at radius 3 is 2.26 bits per heavy atom. The Morgan fingerprint density at radius 2 is 1.43 bits per heavy atom. The minimum Gasteiger partial charge on any atom is -0.355 e. The van der Waals surface area contributed by atoms with E-state index in [1.807, 2.05) is 0 Å². The number of aromatic nitrogens is 1. The van der Waals surface area contributed by atoms with Gasteiger partial charge in [-0.25, -0.2) is 0 Å². The SMILES string of the molecule is Cc1cc2c(cc1N1C(C)c3ccccc3C13CCCCC3)c1ccccc1n2-c1ccccc1. The Kier molecular flexibility index (Phi) is 4.61. The fourth-order valence-electron chi connectivity index (χ4n) is 7.23. The van der Waals surface area contributed by atoms with Gasteiger partial charge in [0, 0.05) is 22.1 Å². The first-order chi connectivity index (χ1) is 17.2. The van der Waals surface area contributed by atoms with E-state index in [9.17, 15) is 0 Å². The number of hydrogen-bond donors (Lipinski definition) is 0. The molecule has 5 aromatic rings. The molecule has 2 nitrogen and oxygen atoms in total. The van der Waals surface area contributed by atoms with Crippen LogP contribution in [-0.4, -0.2) is 4.57 Å². The van der Waals surface area contributed by atoms with Gasteiger partial charge in [-0.15, -0.1) is 0 Å². The molecule has 1 aromatic heterocycles. The molecule has 2 heterocycles. The molecule has 2 heteroatoms. The molecule has 0 radical (unpaired) electrons. The maximum absolute atomic E-state index is 2.81. The molecular formula is C33H32N2. The molecule has 0 N–H and O–H groups in total. The maximum atomic E-state index is 2.81. The molecule has 0 saturated heterocycles. The van der Waals surface area contributed by atoms with E-state index in [0.29, 0.717) is 6.04 Å². The van der Waals surface area contributed by atoms with Crippen LogP contribution in [0.5, 0.6) is 0 Å². The van der Waals surface area contributed by atoms with Gasteiger partial charge in [-0.3, -0.25) is 0 Å². The summed E-state index contributed by atoms with van der Waals surface area (Å²) in [6.45, 7) is 4.73. The van der Waals surface area contributed by atoms with Gasteiger partial charge in [0.05, 0.1) is 22.6 Å². The first-order valence-corrected chi connectivity index (χ1v) is 13.2. The molecule has 1 aliphatic carbocycles. The van der Waals surface area contributed by atoms with Crippen molar-refractivity contribution in [2.24, 2.45) is 0 Å². The van der Waals surface area contributed by atoms with E-state index in [2.05, 4.69) is 114 Å². The van der Waals surface area contributed by atoms with E-state index >= 15 is 0 Å². The molecule has 174 valence electrons. The smallest absolute Gasteiger partial charge is 0.0663 e. The number of benzene rings is 4. The van der Waals surface area contributed by atoms with Gasteiger partial charge in [0.2, 0.25) is 0 Å². The number of anilines is 1. The van der Waals surface area contributed by atoms with Crippen molar-refractivity contribution in [1.29, 1.82) is 0 Å². The second-order valence-electron chi connectivity index (χ2n) is 10.6. The monoisotopic (exact) mass is 456 g/mol. The molecule has 1 spiro atoms. The van der Waals surface area contributed by atoms with Crippen molar-refractivity contribution in [1.82, 2.24) is 4.57 Å². The summed E-state index contributed by atoms with van der Waals surface area (Å²) in [6.07, 6.45) is 6.47. The molecule has 1 aliphatic heterocycles. The largest absolute Gasteiger partial charge is 0.355 e. The molecule has 2 aliphatic rings. The zero-order valence-electron chi connectivity index (χ0n) is 20.7. The van der Waals surface area contributed by atoms with Gasteiger partial charge in [0.1, 0.15) is 0 Å². The van der Waals surface area contributed by atoms with Gasteiger partial charge in [0.25, 0.3) is 0 Å². The molecule has 0 amide bonds. The zero-order valence-corrected chi connectivity index (χ0v) is 20.7. The highest BCUT2D eigenvalue weighted by Gasteiger charge is 2.49. The van der Waals surface area contributed by atoms with Crippen LogP contribution in [0, 0.1) is 6.92 Å². The number of rotatable bonds is 2. The molecular weight excluding hydrogens is 424 g/mol. The van der Waals surface area contributed by atoms with Crippen LogP contribution in [0.3, 0.4) is 0 Å². The molecule has 4 aromatic carbocycles. The van der Waals surface area contributed by atoms with E-state index in [4.69, 9.17) is 0 Å². The summed E-state index contributed by atoms with van der Waals surface area (Å²) in [5.74, 6) is 0. The highest BCUT2D eigenvalue weighted by molar-refractivity contribution is 6.10. The standard InChI is InChI=1S/C33H32N2/c1-23-21-32-28(27-16-8-10-18-30(27)34(32)25-13-5-3-6-14-25)22-31(23)35-24(2)26-15-7-9-17-29(26)33(35)19-11-4-12-20-33/h3,5-10,13-18,21-22,24H,4,11-12,19-20H2,1-2H3. The Hall–Kier alpha value is -3.52. The molecule has 35 heavy (non-hydrogen) atoms. The van der Waals surface area contributed by atoms with Crippen LogP contribution in [0.15, 0.2) is 91.0 Å². The van der Waals surface area contributed by atoms with Crippen LogP contribution >= 0.6 is 0 Å². The predicted octanol–water partition coefficient (Wildman–Crippen LogP) is 8.83. The van der Waals surface area contributed by atoms with Crippen molar-refractivity contribution in [2.45, 2.75) is 57.5 Å². The van der Waals surface area contributed by atoms with Crippen LogP contribution in [0.2, 0.25) is 0 Å². The van der Waals surface area contributed by atoms with Crippen molar-refractivity contribution < 1.29 is 0 Å². The van der Waals surface area contributed by atoms with E-state index in [1.165, 1.54) is 76.4 Å². The van der Waals surface area contributed by atoms with Crippen LogP contribution in [-0.2, 0) is 5.54 Å². The lowest BCUT2D eigenvalue weighted by Gasteiger charge is -2.46. The van der Waals surface area contributed by atoms with E-state index in [1.54, 1.807) is 5.56 Å². The fourth-order valence-corrected chi connectivity index (χ4v) is 7.23. The first-order valence-electron chi connectivity index (χ1n) is 13.2. The third-order valence-corrected chi connectivity index (χ3v) is 8.71. The van der Waals surface area contributed by atoms with Gasteiger partial charge in [0.15, 0.2) is 0 Å². The average Bonchev–Trinajstić information content (AvgIpc) is 3.34. The minimum atomic E-state index is 0.116. The number of aryl methyl sites for hydroxylation is 1. The second-order valence-corrected chi connectivity index (χ2v) is 10.6. The number of hydrogen-bond acceptors (Lipinski definition) is 1. The lowest BCUT2D eigenvalue weighted by Crippen LogP contribution is -2.44. The average molecular weight is 457 g/mol. The van der Waals surface area contributed by atoms with Crippen molar-refractivity contribution in [3.8, 4) is 5.69 Å². The maximum Gasteiger partial charge on any atom is 0.0663 e. The number of fused-ring (bicyclic) bond motifs is 5. The fraction of sp³-hybridized carbons (Fsp3) is 0.273. The summed E-state index contributed by atoms with van der Waals surface area (Å²) in [6, 6.07) is 34.2. The van der Waals surface area contributed by atoms with Gasteiger partial charge in [-0.05, 0) is 73.7 Å². The van der Waals surface area contributed by atoms with E-state index < -0.39 is 0 Å². The van der Waals surface area contributed by atoms with Gasteiger partial charge < -0.3 is 9.47 Å². The summed E-state index contributed by atoms with van der Waals surface area (Å²) < 4.78 is 2.43. The Labute approximate surface area is 207 Å². The van der Waals surface area contributed by atoms with Gasteiger partial charge >= 0.3 is 0 Å². The summed E-state index contributed by atoms with van der Waals surface area (Å²) in [5, 5.41) is 2.67. The normalized spacial score (nSPS) is 19.0. The van der Waals surface area contributed by atoms with Crippen LogP contribution in [0.1, 0.15) is 61.8 Å². The van der Waals surface area contributed by atoms with E-state index in [0.717, 1.165) is 0 Å². The molecule has 1 atom stereocenters. The first kappa shape index (κ1) is 20.8. The lowest BCUT2D eigenvalue weighted by molar-refractivity contribution is 0.284. The molecule has 1 fully saturated rings. The van der Waals surface area contributed by atoms with Crippen molar-refractivity contribution in [3.05, 3.63) is 108 Å². The number of nitrogens with zero attached hydrogens (tertiary/aromatic N) is 2. The van der Waals surface area contributed by atoms with Crippen molar-refractivity contribution in [2.75, 3.05) is 4.90 Å². The van der Waals surface area contributed by atoms with Gasteiger partial charge in [-0.1, -0.05) is 79.9 Å². The van der Waals surface area contributed by atoms with Gasteiger partial charge in [-0.2, -0.15) is 0 Å². The third kappa shape index (κ3) is 2.89. The Balaban J connectivity index is 1.50.